The zero-order valence-electron chi connectivity index (χ0n) is 10.8. The molecule has 96 valence electrons. The average Bonchev–Trinajstić information content (AvgIpc) is 2.21. The zero-order valence-corrected chi connectivity index (χ0v) is 16.3. The van der Waals surface area contributed by atoms with Crippen molar-refractivity contribution < 1.29 is 21.1 Å². The van der Waals surface area contributed by atoms with Crippen LogP contribution in [0, 0.1) is 0 Å². The van der Waals surface area contributed by atoms with Crippen LogP contribution in [-0.2, 0) is 21.1 Å². The minimum Gasteiger partial charge on any atom is -0.358 e. The van der Waals surface area contributed by atoms with E-state index in [2.05, 4.69) is 53.0 Å². The van der Waals surface area contributed by atoms with Crippen LogP contribution in [0.2, 0.25) is 0 Å². The van der Waals surface area contributed by atoms with E-state index >= 15 is 0 Å². The Hall–Kier alpha value is 1.17. The van der Waals surface area contributed by atoms with E-state index in [1.165, 1.54) is 0 Å². The molecule has 17 heavy (non-hydrogen) atoms. The van der Waals surface area contributed by atoms with Gasteiger partial charge in [0.05, 0.1) is 0 Å². The summed E-state index contributed by atoms with van der Waals surface area (Å²) < 4.78 is 1.38. The van der Waals surface area contributed by atoms with Crippen molar-refractivity contribution in [2.45, 2.75) is 27.7 Å². The summed E-state index contributed by atoms with van der Waals surface area (Å²) in [5.74, 6) is 0. The minimum absolute atomic E-state index is 0. The fourth-order valence-electron chi connectivity index (χ4n) is 0.988. The first-order chi connectivity index (χ1) is 7.44. The molecule has 0 aliphatic rings. The third kappa shape index (κ3) is 13.4. The molecule has 0 saturated heterocycles. The van der Waals surface area contributed by atoms with Gasteiger partial charge in [-0.25, -0.2) is 0 Å². The van der Waals surface area contributed by atoms with Gasteiger partial charge in [-0.3, -0.25) is 0 Å². The fraction of sp³-hybridized carbons (Fsp3) is 0.800. The Morgan fingerprint density at radius 3 is 0.941 bits per heavy atom. The summed E-state index contributed by atoms with van der Waals surface area (Å²) in [6.45, 7) is 12.1. The average molecular weight is 395 g/mol. The van der Waals surface area contributed by atoms with Crippen LogP contribution < -0.4 is 0 Å². The molecule has 0 radical (unpaired) electrons. The maximum Gasteiger partial charge on any atom is 6.00 e. The van der Waals surface area contributed by atoms with Crippen LogP contribution in [0.5, 0.6) is 0 Å². The third-order valence-corrected chi connectivity index (χ3v) is 3.15. The summed E-state index contributed by atoms with van der Waals surface area (Å²) in [6, 6.07) is 0. The van der Waals surface area contributed by atoms with Gasteiger partial charge >= 0.3 is 21.1 Å². The predicted molar refractivity (Wildman–Crippen MR) is 89.0 cm³/mol. The van der Waals surface area contributed by atoms with Gasteiger partial charge in [-0.15, -0.1) is 25.3 Å². The molecule has 0 rings (SSSR count). The van der Waals surface area contributed by atoms with Crippen molar-refractivity contribution in [3.63, 3.8) is 0 Å². The van der Waals surface area contributed by atoms with E-state index in [4.69, 9.17) is 24.4 Å². The second-order valence-electron chi connectivity index (χ2n) is 2.91. The molecule has 0 aliphatic heterocycles. The number of thiocarbonyl (C=S) groups is 2. The van der Waals surface area contributed by atoms with E-state index in [-0.39, 0.29) is 21.1 Å². The van der Waals surface area contributed by atoms with Crippen LogP contribution in [0.3, 0.4) is 0 Å². The van der Waals surface area contributed by atoms with Crippen LogP contribution in [0.25, 0.3) is 0 Å². The van der Waals surface area contributed by atoms with Crippen molar-refractivity contribution in [1.29, 1.82) is 0 Å². The molecule has 7 heteroatoms. The summed E-state index contributed by atoms with van der Waals surface area (Å²) >= 11 is 17.6. The van der Waals surface area contributed by atoms with Gasteiger partial charge in [-0.1, -0.05) is 24.4 Å². The number of nitrogens with zero attached hydrogens (tertiary/aromatic N) is 2. The summed E-state index contributed by atoms with van der Waals surface area (Å²) in [5.41, 5.74) is 0. The van der Waals surface area contributed by atoms with Crippen LogP contribution in [-0.4, -0.2) is 44.6 Å². The van der Waals surface area contributed by atoms with Crippen LogP contribution in [0.15, 0.2) is 0 Å². The van der Waals surface area contributed by atoms with Crippen molar-refractivity contribution >= 4 is 58.3 Å². The smallest absolute Gasteiger partial charge is 0.358 e. The first kappa shape index (κ1) is 23.3. The second kappa shape index (κ2) is 15.2. The first-order valence-electron chi connectivity index (χ1n) is 5.40. The standard InChI is InChI=1S/2C5H11NS2.Mo/c2*1-3-6(4-2)5(7)8;/h2*3-4H2,1-2H3,(H,7,8);/q;;+6. The molecule has 0 aromatic heterocycles. The van der Waals surface area contributed by atoms with Gasteiger partial charge in [0.1, 0.15) is 8.64 Å². The zero-order chi connectivity index (χ0) is 13.1. The molecule has 0 aromatic rings. The van der Waals surface area contributed by atoms with Crippen LogP contribution in [0.1, 0.15) is 27.7 Å². The van der Waals surface area contributed by atoms with Crippen molar-refractivity contribution in [3.05, 3.63) is 0 Å². The van der Waals surface area contributed by atoms with Crippen LogP contribution in [0.4, 0.5) is 0 Å². The van der Waals surface area contributed by atoms with Gasteiger partial charge < -0.3 is 9.80 Å². The summed E-state index contributed by atoms with van der Waals surface area (Å²) in [6.07, 6.45) is 0. The predicted octanol–water partition coefficient (Wildman–Crippen LogP) is 3.08. The minimum atomic E-state index is 0. The van der Waals surface area contributed by atoms with E-state index < -0.39 is 0 Å². The van der Waals surface area contributed by atoms with Crippen molar-refractivity contribution in [2.24, 2.45) is 0 Å². The van der Waals surface area contributed by atoms with Crippen molar-refractivity contribution in [2.75, 3.05) is 26.2 Å². The fourth-order valence-corrected chi connectivity index (χ4v) is 2.07. The Bertz CT molecular complexity index is 184. The van der Waals surface area contributed by atoms with E-state index in [9.17, 15) is 0 Å². The quantitative estimate of drug-likeness (QED) is 0.430. The number of thiol groups is 2. The molecule has 0 spiro atoms. The number of hydrogen-bond acceptors (Lipinski definition) is 2. The molecule has 0 saturated carbocycles. The maximum atomic E-state index is 4.81. The number of rotatable bonds is 4. The molecule has 0 aromatic carbocycles. The van der Waals surface area contributed by atoms with E-state index in [0.29, 0.717) is 8.64 Å². The largest absolute Gasteiger partial charge is 6.00 e. The summed E-state index contributed by atoms with van der Waals surface area (Å²) in [4.78, 5) is 4.02. The van der Waals surface area contributed by atoms with Crippen molar-refractivity contribution in [3.8, 4) is 0 Å². The van der Waals surface area contributed by atoms with Crippen molar-refractivity contribution in [1.82, 2.24) is 9.80 Å². The molecule has 0 heterocycles. The SMILES string of the molecule is CCN(CC)C(=S)S.CCN(CC)C(=S)S.[Mo+6]. The molecule has 0 aliphatic carbocycles. The van der Waals surface area contributed by atoms with Gasteiger partial charge in [0.2, 0.25) is 0 Å². The van der Waals surface area contributed by atoms with Crippen LogP contribution >= 0.6 is 49.7 Å². The molecule has 0 bridgehead atoms. The van der Waals surface area contributed by atoms with E-state index in [1.54, 1.807) is 0 Å². The van der Waals surface area contributed by atoms with Gasteiger partial charge in [0, 0.05) is 26.2 Å². The summed E-state index contributed by atoms with van der Waals surface area (Å²) in [7, 11) is 0. The Morgan fingerprint density at radius 2 is 0.941 bits per heavy atom. The molecule has 0 amide bonds. The molecular formula is C10H22MoN2S4+6. The Morgan fingerprint density at radius 1 is 0.765 bits per heavy atom. The summed E-state index contributed by atoms with van der Waals surface area (Å²) in [5, 5.41) is 0. The molecular weight excluding hydrogens is 372 g/mol. The Kier molecular flexibility index (Phi) is 20.8. The molecule has 0 N–H and O–H groups in total. The topological polar surface area (TPSA) is 6.48 Å². The Labute approximate surface area is 142 Å². The Balaban J connectivity index is -0.000000218. The third-order valence-electron chi connectivity index (χ3n) is 2.07. The molecule has 0 atom stereocenters. The van der Waals surface area contributed by atoms with Gasteiger partial charge in [0.25, 0.3) is 0 Å². The monoisotopic (exact) mass is 396 g/mol. The van der Waals surface area contributed by atoms with E-state index in [0.717, 1.165) is 26.2 Å². The number of hydrogen-bond donors (Lipinski definition) is 2. The van der Waals surface area contributed by atoms with Gasteiger partial charge in [-0.2, -0.15) is 0 Å². The van der Waals surface area contributed by atoms with Gasteiger partial charge in [0.15, 0.2) is 0 Å². The first-order valence-corrected chi connectivity index (χ1v) is 7.11. The molecule has 0 unspecified atom stereocenters. The van der Waals surface area contributed by atoms with E-state index in [1.807, 2.05) is 9.80 Å². The molecule has 0 fully saturated rings. The normalized spacial score (nSPS) is 8.35. The van der Waals surface area contributed by atoms with Gasteiger partial charge in [-0.05, 0) is 27.7 Å². The second-order valence-corrected chi connectivity index (χ2v) is 5.14. The maximum absolute atomic E-state index is 4.81. The molecule has 2 nitrogen and oxygen atoms in total.